The van der Waals surface area contributed by atoms with Gasteiger partial charge in [0.05, 0.1) is 28.1 Å². The number of aromatic nitrogens is 1. The molecule has 0 N–H and O–H groups in total. The number of para-hydroxylation sites is 1. The van der Waals surface area contributed by atoms with Crippen LogP contribution in [0.1, 0.15) is 15.3 Å². The van der Waals surface area contributed by atoms with Crippen molar-refractivity contribution in [3.63, 3.8) is 0 Å². The van der Waals surface area contributed by atoms with E-state index < -0.39 is 16.0 Å². The fraction of sp³-hybridized carbons (Fsp3) is 0.0714. The van der Waals surface area contributed by atoms with Gasteiger partial charge in [0.25, 0.3) is 10.0 Å². The summed E-state index contributed by atoms with van der Waals surface area (Å²) in [5, 5.41) is 12.4. The molecule has 3 heterocycles. The van der Waals surface area contributed by atoms with Crippen LogP contribution in [-0.2, 0) is 19.6 Å². The van der Waals surface area contributed by atoms with Gasteiger partial charge in [0, 0.05) is 27.5 Å². The van der Waals surface area contributed by atoms with Crippen LogP contribution in [0.15, 0.2) is 83.1 Å². The first-order valence-corrected chi connectivity index (χ1v) is 14.3. The van der Waals surface area contributed by atoms with Crippen LogP contribution in [0.5, 0.6) is 0 Å². The maximum Gasteiger partial charge on any atom is 0.330 e. The van der Waals surface area contributed by atoms with E-state index in [1.54, 1.807) is 42.5 Å². The first-order valence-electron chi connectivity index (χ1n) is 11.1. The summed E-state index contributed by atoms with van der Waals surface area (Å²) in [6, 6.07) is 21.8. The SMILES string of the molecule is COC(=O)/C=C/c1ccc(-c2c(-c3ccsc3C#N)c3ccccc3n2S(=O)(=O)c2ccc(C)cc2)s1. The summed E-state index contributed by atoms with van der Waals surface area (Å²) in [7, 11) is -2.71. The molecule has 3 aromatic heterocycles. The van der Waals surface area contributed by atoms with Crippen LogP contribution in [0.25, 0.3) is 38.7 Å². The van der Waals surface area contributed by atoms with Crippen molar-refractivity contribution < 1.29 is 17.9 Å². The van der Waals surface area contributed by atoms with Gasteiger partial charge in [-0.25, -0.2) is 17.2 Å². The summed E-state index contributed by atoms with van der Waals surface area (Å²) >= 11 is 2.66. The Hall–Kier alpha value is -3.97. The van der Waals surface area contributed by atoms with Crippen molar-refractivity contribution in [3.05, 3.63) is 93.5 Å². The van der Waals surface area contributed by atoms with Crippen molar-refractivity contribution in [2.24, 2.45) is 0 Å². The average Bonchev–Trinajstić information content (AvgIpc) is 3.63. The summed E-state index contributed by atoms with van der Waals surface area (Å²) in [5.74, 6) is -0.483. The number of benzene rings is 2. The van der Waals surface area contributed by atoms with Gasteiger partial charge in [-0.3, -0.25) is 0 Å². The number of hydrogen-bond donors (Lipinski definition) is 0. The van der Waals surface area contributed by atoms with Crippen molar-refractivity contribution >= 4 is 55.6 Å². The van der Waals surface area contributed by atoms with Crippen molar-refractivity contribution in [2.75, 3.05) is 7.11 Å². The maximum atomic E-state index is 14.2. The summed E-state index contributed by atoms with van der Waals surface area (Å²) in [4.78, 5) is 13.7. The van der Waals surface area contributed by atoms with E-state index in [0.29, 0.717) is 32.1 Å². The third kappa shape index (κ3) is 4.40. The molecule has 0 spiro atoms. The Morgan fingerprint density at radius 1 is 1.05 bits per heavy atom. The second-order valence-electron chi connectivity index (χ2n) is 8.16. The fourth-order valence-corrected chi connectivity index (χ4v) is 7.39. The minimum atomic E-state index is -4.02. The monoisotopic (exact) mass is 544 g/mol. The molecule has 0 amide bonds. The topological polar surface area (TPSA) is 89.2 Å². The first kappa shape index (κ1) is 24.7. The van der Waals surface area contributed by atoms with Crippen LogP contribution < -0.4 is 0 Å². The zero-order valence-corrected chi connectivity index (χ0v) is 22.3. The molecule has 0 saturated heterocycles. The number of carbonyl (C=O) groups excluding carboxylic acids is 1. The first-order chi connectivity index (χ1) is 17.8. The number of fused-ring (bicyclic) bond motifs is 1. The lowest BCUT2D eigenvalue weighted by molar-refractivity contribution is -0.134. The lowest BCUT2D eigenvalue weighted by Crippen LogP contribution is -2.14. The van der Waals surface area contributed by atoms with E-state index in [1.807, 2.05) is 42.6 Å². The van der Waals surface area contributed by atoms with E-state index in [9.17, 15) is 18.5 Å². The molecule has 0 unspecified atom stereocenters. The number of methoxy groups -OCH3 is 1. The van der Waals surface area contributed by atoms with Gasteiger partial charge >= 0.3 is 5.97 Å². The molecule has 0 aliphatic heterocycles. The number of carbonyl (C=O) groups is 1. The predicted octanol–water partition coefficient (Wildman–Crippen LogP) is 6.70. The molecule has 0 radical (unpaired) electrons. The van der Waals surface area contributed by atoms with Gasteiger partial charge < -0.3 is 4.74 Å². The number of nitrogens with zero attached hydrogens (tertiary/aromatic N) is 2. The Balaban J connectivity index is 1.86. The number of hydrogen-bond acceptors (Lipinski definition) is 7. The van der Waals surface area contributed by atoms with E-state index >= 15 is 0 Å². The molecule has 5 rings (SSSR count). The van der Waals surface area contributed by atoms with E-state index in [2.05, 4.69) is 10.8 Å². The second kappa shape index (κ2) is 9.82. The summed E-state index contributed by atoms with van der Waals surface area (Å²) in [6.07, 6.45) is 2.95. The van der Waals surface area contributed by atoms with Crippen LogP contribution >= 0.6 is 22.7 Å². The van der Waals surface area contributed by atoms with Gasteiger partial charge in [0.15, 0.2) is 0 Å². The van der Waals surface area contributed by atoms with Crippen LogP contribution in [0.4, 0.5) is 0 Å². The van der Waals surface area contributed by atoms with Crippen LogP contribution in [0.3, 0.4) is 0 Å². The quantitative estimate of drug-likeness (QED) is 0.175. The van der Waals surface area contributed by atoms with Crippen molar-refractivity contribution in [2.45, 2.75) is 11.8 Å². The number of thiophene rings is 2. The smallest absolute Gasteiger partial charge is 0.330 e. The van der Waals surface area contributed by atoms with Crippen molar-refractivity contribution in [1.29, 1.82) is 5.26 Å². The zero-order chi connectivity index (χ0) is 26.2. The highest BCUT2D eigenvalue weighted by molar-refractivity contribution is 7.90. The van der Waals surface area contributed by atoms with Crippen LogP contribution in [0.2, 0.25) is 0 Å². The third-order valence-electron chi connectivity index (χ3n) is 5.87. The number of nitriles is 1. The molecular weight excluding hydrogens is 525 g/mol. The van der Waals surface area contributed by atoms with Crippen molar-refractivity contribution in [1.82, 2.24) is 3.97 Å². The van der Waals surface area contributed by atoms with E-state index in [1.165, 1.54) is 39.8 Å². The summed E-state index contributed by atoms with van der Waals surface area (Å²) in [5.41, 5.74) is 3.29. The van der Waals surface area contributed by atoms with Crippen LogP contribution in [0, 0.1) is 18.3 Å². The molecule has 6 nitrogen and oxygen atoms in total. The highest BCUT2D eigenvalue weighted by Crippen LogP contribution is 2.46. The van der Waals surface area contributed by atoms with Gasteiger partial charge in [-0.15, -0.1) is 22.7 Å². The Labute approximate surface area is 222 Å². The minimum absolute atomic E-state index is 0.167. The van der Waals surface area contributed by atoms with Gasteiger partial charge in [-0.2, -0.15) is 5.26 Å². The molecular formula is C28H20N2O4S3. The largest absolute Gasteiger partial charge is 0.466 e. The van der Waals surface area contributed by atoms with Crippen LogP contribution in [-0.4, -0.2) is 25.5 Å². The summed E-state index contributed by atoms with van der Waals surface area (Å²) in [6.45, 7) is 1.90. The van der Waals surface area contributed by atoms with Crippen molar-refractivity contribution in [3.8, 4) is 27.8 Å². The molecule has 0 saturated carbocycles. The highest BCUT2D eigenvalue weighted by atomic mass is 32.2. The molecule has 9 heteroatoms. The molecule has 2 aromatic carbocycles. The molecule has 0 aliphatic carbocycles. The molecule has 0 fully saturated rings. The molecule has 0 aliphatic rings. The van der Waals surface area contributed by atoms with Gasteiger partial charge in [0.2, 0.25) is 0 Å². The zero-order valence-electron chi connectivity index (χ0n) is 19.8. The predicted molar refractivity (Wildman–Crippen MR) is 148 cm³/mol. The van der Waals surface area contributed by atoms with E-state index in [0.717, 1.165) is 15.8 Å². The standard InChI is InChI=1S/C28H20N2O4S3/c1-18-7-11-20(12-8-18)37(32,33)30-23-6-4-3-5-21(23)27(22-15-16-35-25(22)17-29)28(30)24-13-9-19(36-24)10-14-26(31)34-2/h3-16H,1-2H3/b14-10+. The lowest BCUT2D eigenvalue weighted by Gasteiger charge is -2.13. The Morgan fingerprint density at radius 2 is 1.81 bits per heavy atom. The number of esters is 1. The number of aryl methyl sites for hydroxylation is 1. The Morgan fingerprint density at radius 3 is 2.54 bits per heavy atom. The second-order valence-corrected chi connectivity index (χ2v) is 12.0. The molecule has 37 heavy (non-hydrogen) atoms. The molecule has 184 valence electrons. The molecule has 0 atom stereocenters. The van der Waals surface area contributed by atoms with Gasteiger partial charge in [-0.1, -0.05) is 35.9 Å². The maximum absolute atomic E-state index is 14.2. The van der Waals surface area contributed by atoms with Gasteiger partial charge in [0.1, 0.15) is 10.9 Å². The third-order valence-corrected chi connectivity index (χ3v) is 9.48. The average molecular weight is 545 g/mol. The normalized spacial score (nSPS) is 11.7. The number of rotatable bonds is 6. The van der Waals surface area contributed by atoms with E-state index in [4.69, 9.17) is 0 Å². The minimum Gasteiger partial charge on any atom is -0.466 e. The number of ether oxygens (including phenoxy) is 1. The Kier molecular flexibility index (Phi) is 6.56. The summed E-state index contributed by atoms with van der Waals surface area (Å²) < 4.78 is 34.4. The Bertz CT molecular complexity index is 1820. The molecule has 5 aromatic rings. The fourth-order valence-electron chi connectivity index (χ4n) is 4.15. The van der Waals surface area contributed by atoms with Gasteiger partial charge in [-0.05, 0) is 54.8 Å². The van der Waals surface area contributed by atoms with E-state index in [-0.39, 0.29) is 4.90 Å². The molecule has 0 bridgehead atoms. The highest BCUT2D eigenvalue weighted by Gasteiger charge is 2.30. The lowest BCUT2D eigenvalue weighted by atomic mass is 10.0.